The minimum atomic E-state index is 0.607. The molecule has 1 aliphatic carbocycles. The van der Waals surface area contributed by atoms with Crippen LogP contribution in [0.1, 0.15) is 24.5 Å². The average molecular weight is 149 g/mol. The van der Waals surface area contributed by atoms with Crippen molar-refractivity contribution in [2.75, 3.05) is 11.5 Å². The van der Waals surface area contributed by atoms with E-state index in [9.17, 15) is 0 Å². The Balaban J connectivity index is 2.39. The topological polar surface area (TPSA) is 64.9 Å². The SMILES string of the molecule is Nc1cnc(C2CC2)c(N)c1. The number of rotatable bonds is 1. The van der Waals surface area contributed by atoms with E-state index in [-0.39, 0.29) is 0 Å². The standard InChI is InChI=1S/C8H11N3/c9-6-3-7(10)8(11-4-6)5-1-2-5/h3-5H,1-2,9-10H2. The normalized spacial score (nSPS) is 16.7. The fraction of sp³-hybridized carbons (Fsp3) is 0.375. The number of nitrogen functional groups attached to an aromatic ring is 2. The number of hydrogen-bond donors (Lipinski definition) is 2. The van der Waals surface area contributed by atoms with E-state index in [0.717, 1.165) is 11.4 Å². The third-order valence-electron chi connectivity index (χ3n) is 1.93. The van der Waals surface area contributed by atoms with Crippen LogP contribution in [0.25, 0.3) is 0 Å². The summed E-state index contributed by atoms with van der Waals surface area (Å²) < 4.78 is 0. The highest BCUT2D eigenvalue weighted by atomic mass is 14.8. The molecule has 0 atom stereocenters. The molecular weight excluding hydrogens is 138 g/mol. The van der Waals surface area contributed by atoms with Gasteiger partial charge < -0.3 is 11.5 Å². The first-order chi connectivity index (χ1) is 5.27. The second-order valence-electron chi connectivity index (χ2n) is 3.02. The van der Waals surface area contributed by atoms with Gasteiger partial charge in [0.2, 0.25) is 0 Å². The van der Waals surface area contributed by atoms with E-state index in [1.807, 2.05) is 0 Å². The smallest absolute Gasteiger partial charge is 0.0665 e. The molecular formula is C8H11N3. The average Bonchev–Trinajstić information content (AvgIpc) is 2.70. The lowest BCUT2D eigenvalue weighted by molar-refractivity contribution is 1.03. The lowest BCUT2D eigenvalue weighted by atomic mass is 10.2. The lowest BCUT2D eigenvalue weighted by Crippen LogP contribution is -1.98. The molecule has 3 heteroatoms. The van der Waals surface area contributed by atoms with Crippen molar-refractivity contribution in [2.45, 2.75) is 18.8 Å². The predicted molar refractivity (Wildman–Crippen MR) is 45.0 cm³/mol. The Labute approximate surface area is 65.4 Å². The molecule has 0 spiro atoms. The van der Waals surface area contributed by atoms with E-state index in [1.54, 1.807) is 12.3 Å². The predicted octanol–water partition coefficient (Wildman–Crippen LogP) is 1.12. The van der Waals surface area contributed by atoms with E-state index < -0.39 is 0 Å². The Morgan fingerprint density at radius 1 is 1.36 bits per heavy atom. The number of aromatic nitrogens is 1. The van der Waals surface area contributed by atoms with Crippen molar-refractivity contribution in [3.8, 4) is 0 Å². The van der Waals surface area contributed by atoms with Gasteiger partial charge in [0, 0.05) is 5.92 Å². The Morgan fingerprint density at radius 3 is 2.64 bits per heavy atom. The molecule has 0 aliphatic heterocycles. The zero-order valence-electron chi connectivity index (χ0n) is 6.25. The maximum absolute atomic E-state index is 5.72. The molecule has 0 aromatic carbocycles. The van der Waals surface area contributed by atoms with Crippen molar-refractivity contribution in [1.82, 2.24) is 4.98 Å². The van der Waals surface area contributed by atoms with Crippen molar-refractivity contribution in [3.05, 3.63) is 18.0 Å². The van der Waals surface area contributed by atoms with Crippen LogP contribution in [-0.2, 0) is 0 Å². The molecule has 4 N–H and O–H groups in total. The second-order valence-corrected chi connectivity index (χ2v) is 3.02. The third kappa shape index (κ3) is 1.13. The van der Waals surface area contributed by atoms with Crippen LogP contribution in [0.5, 0.6) is 0 Å². The summed E-state index contributed by atoms with van der Waals surface area (Å²) in [4.78, 5) is 4.19. The highest BCUT2D eigenvalue weighted by Crippen LogP contribution is 2.41. The summed E-state index contributed by atoms with van der Waals surface area (Å²) in [6, 6.07) is 1.78. The van der Waals surface area contributed by atoms with Crippen LogP contribution >= 0.6 is 0 Å². The van der Waals surface area contributed by atoms with Gasteiger partial charge in [-0.1, -0.05) is 0 Å². The van der Waals surface area contributed by atoms with Gasteiger partial charge in [-0.05, 0) is 18.9 Å². The van der Waals surface area contributed by atoms with Gasteiger partial charge in [0.25, 0.3) is 0 Å². The van der Waals surface area contributed by atoms with E-state index >= 15 is 0 Å². The third-order valence-corrected chi connectivity index (χ3v) is 1.93. The number of pyridine rings is 1. The molecule has 1 aliphatic rings. The molecule has 0 radical (unpaired) electrons. The molecule has 2 rings (SSSR count). The van der Waals surface area contributed by atoms with Crippen LogP contribution < -0.4 is 11.5 Å². The maximum atomic E-state index is 5.72. The van der Waals surface area contributed by atoms with Crippen LogP contribution in [0.4, 0.5) is 11.4 Å². The van der Waals surface area contributed by atoms with Gasteiger partial charge in [0.15, 0.2) is 0 Å². The number of hydrogen-bond acceptors (Lipinski definition) is 3. The van der Waals surface area contributed by atoms with Crippen molar-refractivity contribution >= 4 is 11.4 Å². The summed E-state index contributed by atoms with van der Waals surface area (Å²) in [5.74, 6) is 0.607. The molecule has 11 heavy (non-hydrogen) atoms. The fourth-order valence-electron chi connectivity index (χ4n) is 1.21. The molecule has 0 unspecified atom stereocenters. The van der Waals surface area contributed by atoms with E-state index in [0.29, 0.717) is 11.6 Å². The van der Waals surface area contributed by atoms with Crippen LogP contribution in [0.2, 0.25) is 0 Å². The van der Waals surface area contributed by atoms with E-state index in [2.05, 4.69) is 4.98 Å². The highest BCUT2D eigenvalue weighted by Gasteiger charge is 2.26. The van der Waals surface area contributed by atoms with Gasteiger partial charge in [-0.15, -0.1) is 0 Å². The Morgan fingerprint density at radius 2 is 2.09 bits per heavy atom. The number of anilines is 2. The largest absolute Gasteiger partial charge is 0.397 e. The molecule has 1 aromatic heterocycles. The van der Waals surface area contributed by atoms with Crippen molar-refractivity contribution in [3.63, 3.8) is 0 Å². The number of nitrogens with two attached hydrogens (primary N) is 2. The van der Waals surface area contributed by atoms with Gasteiger partial charge >= 0.3 is 0 Å². The van der Waals surface area contributed by atoms with Crippen LogP contribution in [0.3, 0.4) is 0 Å². The van der Waals surface area contributed by atoms with Gasteiger partial charge in [0.05, 0.1) is 23.3 Å². The molecule has 0 amide bonds. The van der Waals surface area contributed by atoms with Gasteiger partial charge in [-0.3, -0.25) is 4.98 Å². The molecule has 58 valence electrons. The highest BCUT2D eigenvalue weighted by molar-refractivity contribution is 5.54. The summed E-state index contributed by atoms with van der Waals surface area (Å²) in [5.41, 5.74) is 13.6. The van der Waals surface area contributed by atoms with E-state index in [1.165, 1.54) is 12.8 Å². The van der Waals surface area contributed by atoms with Gasteiger partial charge in [-0.25, -0.2) is 0 Å². The molecule has 0 bridgehead atoms. The zero-order chi connectivity index (χ0) is 7.84. The second kappa shape index (κ2) is 2.12. The minimum Gasteiger partial charge on any atom is -0.397 e. The minimum absolute atomic E-state index is 0.607. The van der Waals surface area contributed by atoms with Crippen LogP contribution in [0, 0.1) is 0 Å². The van der Waals surface area contributed by atoms with Gasteiger partial charge in [-0.2, -0.15) is 0 Å². The van der Waals surface area contributed by atoms with Gasteiger partial charge in [0.1, 0.15) is 0 Å². The molecule has 1 aromatic rings. The lowest BCUT2D eigenvalue weighted by Gasteiger charge is -2.02. The molecule has 1 heterocycles. The molecule has 3 nitrogen and oxygen atoms in total. The summed E-state index contributed by atoms with van der Waals surface area (Å²) in [6.07, 6.45) is 4.12. The van der Waals surface area contributed by atoms with E-state index in [4.69, 9.17) is 11.5 Å². The first kappa shape index (κ1) is 6.46. The number of nitrogens with zero attached hydrogens (tertiary/aromatic N) is 1. The molecule has 1 fully saturated rings. The first-order valence-electron chi connectivity index (χ1n) is 3.78. The summed E-state index contributed by atoms with van der Waals surface area (Å²) in [5, 5.41) is 0. The first-order valence-corrected chi connectivity index (χ1v) is 3.78. The summed E-state index contributed by atoms with van der Waals surface area (Å²) in [7, 11) is 0. The van der Waals surface area contributed by atoms with Crippen LogP contribution in [-0.4, -0.2) is 4.98 Å². The van der Waals surface area contributed by atoms with Crippen molar-refractivity contribution < 1.29 is 0 Å². The fourth-order valence-corrected chi connectivity index (χ4v) is 1.21. The summed E-state index contributed by atoms with van der Waals surface area (Å²) >= 11 is 0. The van der Waals surface area contributed by atoms with Crippen molar-refractivity contribution in [1.29, 1.82) is 0 Å². The Bertz CT molecular complexity index is 279. The Hall–Kier alpha value is -1.25. The quantitative estimate of drug-likeness (QED) is 0.629. The maximum Gasteiger partial charge on any atom is 0.0665 e. The molecule has 1 saturated carbocycles. The van der Waals surface area contributed by atoms with Crippen molar-refractivity contribution in [2.24, 2.45) is 0 Å². The van der Waals surface area contributed by atoms with Crippen LogP contribution in [0.15, 0.2) is 12.3 Å². The Kier molecular flexibility index (Phi) is 1.24. The summed E-state index contributed by atoms with van der Waals surface area (Å²) in [6.45, 7) is 0. The monoisotopic (exact) mass is 149 g/mol. The zero-order valence-corrected chi connectivity index (χ0v) is 6.25. The molecule has 0 saturated heterocycles.